The van der Waals surface area contributed by atoms with Crippen LogP contribution >= 0.6 is 0 Å². The van der Waals surface area contributed by atoms with Gasteiger partial charge in [0.1, 0.15) is 5.82 Å². The summed E-state index contributed by atoms with van der Waals surface area (Å²) in [5, 5.41) is 6.52. The smallest absolute Gasteiger partial charge is 0.238 e. The van der Waals surface area contributed by atoms with Gasteiger partial charge in [-0.2, -0.15) is 0 Å². The van der Waals surface area contributed by atoms with E-state index in [1.807, 2.05) is 42.2 Å². The molecule has 140 valence electrons. The van der Waals surface area contributed by atoms with Crippen molar-refractivity contribution in [3.05, 3.63) is 48.0 Å². The lowest BCUT2D eigenvalue weighted by Gasteiger charge is -2.35. The summed E-state index contributed by atoms with van der Waals surface area (Å²) in [7, 11) is 1.99. The van der Waals surface area contributed by atoms with E-state index in [4.69, 9.17) is 0 Å². The normalized spacial score (nSPS) is 18.7. The van der Waals surface area contributed by atoms with Crippen molar-refractivity contribution in [2.75, 3.05) is 31.5 Å². The number of nitrogens with zero attached hydrogens (tertiary/aromatic N) is 3. The average Bonchev–Trinajstić information content (AvgIpc) is 3.00. The third-order valence-electron chi connectivity index (χ3n) is 4.87. The number of piperazine rings is 1. The molecule has 6 nitrogen and oxygen atoms in total. The Hall–Kier alpha value is -2.18. The maximum atomic E-state index is 12.8. The first-order valence-corrected chi connectivity index (χ1v) is 9.17. The van der Waals surface area contributed by atoms with Crippen molar-refractivity contribution in [1.29, 1.82) is 0 Å². The summed E-state index contributed by atoms with van der Waals surface area (Å²) >= 11 is 0. The van der Waals surface area contributed by atoms with Crippen molar-refractivity contribution in [3.63, 3.8) is 0 Å². The Labute approximate surface area is 155 Å². The summed E-state index contributed by atoms with van der Waals surface area (Å²) in [6.45, 7) is 9.34. The summed E-state index contributed by atoms with van der Waals surface area (Å²) in [5.74, 6) is 1.00. The first-order valence-electron chi connectivity index (χ1n) is 9.17. The first kappa shape index (κ1) is 18.6. The van der Waals surface area contributed by atoms with Crippen LogP contribution in [0.2, 0.25) is 0 Å². The fraction of sp³-hybridized carbons (Fsp3) is 0.500. The second-order valence-corrected chi connectivity index (χ2v) is 7.93. The van der Waals surface area contributed by atoms with E-state index in [0.717, 1.165) is 36.7 Å². The molecule has 1 amide bonds. The number of carbonyl (C=O) groups excluding carboxylic acids is 1. The third kappa shape index (κ3) is 4.14. The highest BCUT2D eigenvalue weighted by Crippen LogP contribution is 2.29. The molecular formula is C20H29N5O. The first-order chi connectivity index (χ1) is 12.4. The second-order valence-electron chi connectivity index (χ2n) is 7.93. The lowest BCUT2D eigenvalue weighted by molar-refractivity contribution is -0.118. The minimum atomic E-state index is -0.0194. The minimum absolute atomic E-state index is 0.0165. The van der Waals surface area contributed by atoms with Crippen LogP contribution < -0.4 is 10.6 Å². The molecule has 2 aromatic rings. The van der Waals surface area contributed by atoms with Crippen LogP contribution in [-0.4, -0.2) is 46.5 Å². The molecule has 1 fully saturated rings. The lowest BCUT2D eigenvalue weighted by atomic mass is 9.86. The lowest BCUT2D eigenvalue weighted by Crippen LogP contribution is -2.49. The maximum absolute atomic E-state index is 12.8. The van der Waals surface area contributed by atoms with E-state index in [0.29, 0.717) is 6.54 Å². The van der Waals surface area contributed by atoms with Gasteiger partial charge in [0.15, 0.2) is 0 Å². The minimum Gasteiger partial charge on any atom is -0.337 e. The van der Waals surface area contributed by atoms with E-state index >= 15 is 0 Å². The van der Waals surface area contributed by atoms with Gasteiger partial charge in [0.05, 0.1) is 12.6 Å². The van der Waals surface area contributed by atoms with Gasteiger partial charge in [0, 0.05) is 44.8 Å². The third-order valence-corrected chi connectivity index (χ3v) is 4.87. The Kier molecular flexibility index (Phi) is 5.44. The molecular weight excluding hydrogens is 326 g/mol. The highest BCUT2D eigenvalue weighted by atomic mass is 16.2. The molecule has 3 rings (SSSR count). The van der Waals surface area contributed by atoms with Gasteiger partial charge < -0.3 is 15.2 Å². The molecule has 1 aliphatic heterocycles. The van der Waals surface area contributed by atoms with Crippen molar-refractivity contribution < 1.29 is 4.79 Å². The van der Waals surface area contributed by atoms with E-state index in [-0.39, 0.29) is 17.4 Å². The molecule has 6 heteroatoms. The topological polar surface area (TPSA) is 62.2 Å². The van der Waals surface area contributed by atoms with E-state index in [9.17, 15) is 4.79 Å². The van der Waals surface area contributed by atoms with Crippen LogP contribution in [-0.2, 0) is 17.3 Å². The molecule has 1 aromatic carbocycles. The van der Waals surface area contributed by atoms with Gasteiger partial charge in [0.2, 0.25) is 5.91 Å². The molecule has 2 N–H and O–H groups in total. The quantitative estimate of drug-likeness (QED) is 0.883. The number of imidazole rings is 1. The molecule has 1 saturated heterocycles. The Balaban J connectivity index is 1.72. The summed E-state index contributed by atoms with van der Waals surface area (Å²) < 4.78 is 2.03. The Morgan fingerprint density at radius 2 is 2.12 bits per heavy atom. The molecule has 26 heavy (non-hydrogen) atoms. The van der Waals surface area contributed by atoms with Crippen LogP contribution in [0, 0.1) is 0 Å². The number of aryl methyl sites for hydroxylation is 1. The largest absolute Gasteiger partial charge is 0.337 e. The predicted octanol–water partition coefficient (Wildman–Crippen LogP) is 2.30. The summed E-state index contributed by atoms with van der Waals surface area (Å²) in [5.41, 5.74) is 2.03. The fourth-order valence-corrected chi connectivity index (χ4v) is 3.51. The molecule has 1 aliphatic rings. The Morgan fingerprint density at radius 3 is 2.81 bits per heavy atom. The van der Waals surface area contributed by atoms with Crippen LogP contribution in [0.15, 0.2) is 36.7 Å². The monoisotopic (exact) mass is 355 g/mol. The van der Waals surface area contributed by atoms with Crippen LogP contribution in [0.3, 0.4) is 0 Å². The van der Waals surface area contributed by atoms with Gasteiger partial charge in [0.25, 0.3) is 0 Å². The molecule has 0 spiro atoms. The van der Waals surface area contributed by atoms with Gasteiger partial charge in [-0.3, -0.25) is 9.69 Å². The summed E-state index contributed by atoms with van der Waals surface area (Å²) in [6, 6.07) is 8.15. The van der Waals surface area contributed by atoms with E-state index < -0.39 is 0 Å². The van der Waals surface area contributed by atoms with Crippen LogP contribution in [0.5, 0.6) is 0 Å². The summed E-state index contributed by atoms with van der Waals surface area (Å²) in [4.78, 5) is 19.4. The zero-order valence-corrected chi connectivity index (χ0v) is 16.1. The second kappa shape index (κ2) is 7.60. The standard InChI is InChI=1S/C20H29N5O/c1-20(2,3)15-7-5-6-8-16(15)23-18(26)14-25-12-9-21-13-17(25)19-22-10-11-24(19)4/h5-8,10-11,17,21H,9,12-14H2,1-4H3,(H,23,26). The molecule has 2 heterocycles. The van der Waals surface area contributed by atoms with E-state index in [2.05, 4.69) is 47.4 Å². The molecule has 1 unspecified atom stereocenters. The number of nitrogens with one attached hydrogen (secondary N) is 2. The van der Waals surface area contributed by atoms with Crippen molar-refractivity contribution in [3.8, 4) is 0 Å². The number of amides is 1. The van der Waals surface area contributed by atoms with Gasteiger partial charge in [-0.05, 0) is 17.0 Å². The zero-order valence-electron chi connectivity index (χ0n) is 16.1. The number of carbonyl (C=O) groups is 1. The SMILES string of the molecule is Cn1ccnc1C1CNCCN1CC(=O)Nc1ccccc1C(C)(C)C. The molecule has 1 aromatic heterocycles. The van der Waals surface area contributed by atoms with E-state index in [1.165, 1.54) is 0 Å². The van der Waals surface area contributed by atoms with Crippen molar-refractivity contribution in [2.24, 2.45) is 7.05 Å². The van der Waals surface area contributed by atoms with Crippen molar-refractivity contribution >= 4 is 11.6 Å². The van der Waals surface area contributed by atoms with Gasteiger partial charge >= 0.3 is 0 Å². The molecule has 1 atom stereocenters. The molecule has 0 radical (unpaired) electrons. The van der Waals surface area contributed by atoms with Gasteiger partial charge in [-0.25, -0.2) is 4.98 Å². The average molecular weight is 355 g/mol. The number of rotatable bonds is 4. The van der Waals surface area contributed by atoms with Crippen LogP contribution in [0.1, 0.15) is 38.2 Å². The van der Waals surface area contributed by atoms with Gasteiger partial charge in [-0.15, -0.1) is 0 Å². The van der Waals surface area contributed by atoms with Crippen molar-refractivity contribution in [1.82, 2.24) is 19.8 Å². The highest BCUT2D eigenvalue weighted by Gasteiger charge is 2.28. The number of aromatic nitrogens is 2. The van der Waals surface area contributed by atoms with Crippen molar-refractivity contribution in [2.45, 2.75) is 32.2 Å². The molecule has 0 bridgehead atoms. The fourth-order valence-electron chi connectivity index (χ4n) is 3.51. The Morgan fingerprint density at radius 1 is 1.35 bits per heavy atom. The number of benzene rings is 1. The van der Waals surface area contributed by atoms with E-state index in [1.54, 1.807) is 0 Å². The number of hydrogen-bond donors (Lipinski definition) is 2. The number of hydrogen-bond acceptors (Lipinski definition) is 4. The summed E-state index contributed by atoms with van der Waals surface area (Å²) in [6.07, 6.45) is 3.75. The highest BCUT2D eigenvalue weighted by molar-refractivity contribution is 5.93. The molecule has 0 saturated carbocycles. The Bertz CT molecular complexity index is 762. The zero-order chi connectivity index (χ0) is 18.7. The number of para-hydroxylation sites is 1. The number of anilines is 1. The maximum Gasteiger partial charge on any atom is 0.238 e. The van der Waals surface area contributed by atoms with Gasteiger partial charge in [-0.1, -0.05) is 39.0 Å². The predicted molar refractivity (Wildman–Crippen MR) is 104 cm³/mol. The molecule has 0 aliphatic carbocycles. The van der Waals surface area contributed by atoms with Crippen LogP contribution in [0.4, 0.5) is 5.69 Å². The van der Waals surface area contributed by atoms with Crippen LogP contribution in [0.25, 0.3) is 0 Å².